The van der Waals surface area contributed by atoms with Crippen LogP contribution in [0.25, 0.3) is 0 Å². The second kappa shape index (κ2) is 5.31. The van der Waals surface area contributed by atoms with Crippen LogP contribution in [0.3, 0.4) is 0 Å². The SMILES string of the molecule is CCCNCc1cnn(CCC2CC2)c1. The highest BCUT2D eigenvalue weighted by molar-refractivity contribution is 5.03. The van der Waals surface area contributed by atoms with Crippen LogP contribution in [0, 0.1) is 5.92 Å². The van der Waals surface area contributed by atoms with E-state index in [2.05, 4.69) is 28.2 Å². The average molecular weight is 207 g/mol. The van der Waals surface area contributed by atoms with Crippen molar-refractivity contribution in [2.45, 2.75) is 45.7 Å². The highest BCUT2D eigenvalue weighted by Gasteiger charge is 2.20. The first-order valence-electron chi connectivity index (χ1n) is 6.10. The second-order valence-corrected chi connectivity index (χ2v) is 4.52. The highest BCUT2D eigenvalue weighted by atomic mass is 15.3. The van der Waals surface area contributed by atoms with E-state index in [0.717, 1.165) is 25.6 Å². The van der Waals surface area contributed by atoms with Crippen LogP contribution in [0.4, 0.5) is 0 Å². The molecule has 0 amide bonds. The summed E-state index contributed by atoms with van der Waals surface area (Å²) in [5, 5.41) is 7.76. The second-order valence-electron chi connectivity index (χ2n) is 4.52. The normalized spacial score (nSPS) is 15.8. The zero-order valence-electron chi connectivity index (χ0n) is 9.58. The lowest BCUT2D eigenvalue weighted by Gasteiger charge is -2.00. The lowest BCUT2D eigenvalue weighted by Crippen LogP contribution is -2.13. The molecular formula is C12H21N3. The van der Waals surface area contributed by atoms with Gasteiger partial charge in [0.2, 0.25) is 0 Å². The topological polar surface area (TPSA) is 29.9 Å². The minimum Gasteiger partial charge on any atom is -0.313 e. The fraction of sp³-hybridized carbons (Fsp3) is 0.750. The van der Waals surface area contributed by atoms with Gasteiger partial charge >= 0.3 is 0 Å². The highest BCUT2D eigenvalue weighted by Crippen LogP contribution is 2.32. The standard InChI is InChI=1S/C12H21N3/c1-2-6-13-8-12-9-14-15(10-12)7-5-11-3-4-11/h9-11,13H,2-8H2,1H3. The molecule has 0 unspecified atom stereocenters. The van der Waals surface area contributed by atoms with Crippen LogP contribution >= 0.6 is 0 Å². The minimum atomic E-state index is 0.956. The summed E-state index contributed by atoms with van der Waals surface area (Å²) in [6, 6.07) is 0. The summed E-state index contributed by atoms with van der Waals surface area (Å²) in [6.07, 6.45) is 9.53. The molecule has 0 spiro atoms. The summed E-state index contributed by atoms with van der Waals surface area (Å²) in [4.78, 5) is 0. The quantitative estimate of drug-likeness (QED) is 0.695. The summed E-state index contributed by atoms with van der Waals surface area (Å²) in [5.74, 6) is 0.996. The van der Waals surface area contributed by atoms with Crippen molar-refractivity contribution in [2.75, 3.05) is 6.54 Å². The number of hydrogen-bond acceptors (Lipinski definition) is 2. The van der Waals surface area contributed by atoms with Gasteiger partial charge in [-0.3, -0.25) is 4.68 Å². The van der Waals surface area contributed by atoms with Gasteiger partial charge in [0.05, 0.1) is 6.20 Å². The van der Waals surface area contributed by atoms with E-state index < -0.39 is 0 Å². The van der Waals surface area contributed by atoms with E-state index >= 15 is 0 Å². The molecule has 1 fully saturated rings. The minimum absolute atomic E-state index is 0.956. The van der Waals surface area contributed by atoms with E-state index in [9.17, 15) is 0 Å². The lowest BCUT2D eigenvalue weighted by atomic mass is 10.3. The third-order valence-electron chi connectivity index (χ3n) is 2.91. The number of aromatic nitrogens is 2. The number of nitrogens with one attached hydrogen (secondary N) is 1. The Morgan fingerprint density at radius 1 is 1.53 bits per heavy atom. The van der Waals surface area contributed by atoms with E-state index in [0.29, 0.717) is 0 Å². The fourth-order valence-corrected chi connectivity index (χ4v) is 1.75. The Bertz CT molecular complexity index is 289. The monoisotopic (exact) mass is 207 g/mol. The van der Waals surface area contributed by atoms with Crippen LogP contribution < -0.4 is 5.32 Å². The Hall–Kier alpha value is -0.830. The van der Waals surface area contributed by atoms with Gasteiger partial charge in [-0.2, -0.15) is 5.10 Å². The van der Waals surface area contributed by atoms with E-state index in [4.69, 9.17) is 0 Å². The van der Waals surface area contributed by atoms with Gasteiger partial charge in [-0.15, -0.1) is 0 Å². The van der Waals surface area contributed by atoms with Crippen LogP contribution in [-0.4, -0.2) is 16.3 Å². The summed E-state index contributed by atoms with van der Waals surface area (Å²) in [5.41, 5.74) is 1.30. The van der Waals surface area contributed by atoms with Crippen molar-refractivity contribution >= 4 is 0 Å². The molecule has 15 heavy (non-hydrogen) atoms. The van der Waals surface area contributed by atoms with Crippen molar-refractivity contribution in [2.24, 2.45) is 5.92 Å². The van der Waals surface area contributed by atoms with Crippen molar-refractivity contribution in [3.63, 3.8) is 0 Å². The summed E-state index contributed by atoms with van der Waals surface area (Å²) in [6.45, 7) is 5.33. The number of rotatable bonds is 7. The molecule has 0 aliphatic heterocycles. The summed E-state index contributed by atoms with van der Waals surface area (Å²) < 4.78 is 2.08. The summed E-state index contributed by atoms with van der Waals surface area (Å²) >= 11 is 0. The van der Waals surface area contributed by atoms with Gasteiger partial charge in [-0.1, -0.05) is 19.8 Å². The van der Waals surface area contributed by atoms with Gasteiger partial charge in [0.1, 0.15) is 0 Å². The van der Waals surface area contributed by atoms with Crippen molar-refractivity contribution in [3.05, 3.63) is 18.0 Å². The maximum atomic E-state index is 4.37. The molecule has 0 atom stereocenters. The van der Waals surface area contributed by atoms with Crippen molar-refractivity contribution in [1.82, 2.24) is 15.1 Å². The third kappa shape index (κ3) is 3.67. The van der Waals surface area contributed by atoms with Crippen LogP contribution in [0.1, 0.15) is 38.2 Å². The fourth-order valence-electron chi connectivity index (χ4n) is 1.75. The Labute approximate surface area is 91.9 Å². The van der Waals surface area contributed by atoms with Gasteiger partial charge < -0.3 is 5.32 Å². The van der Waals surface area contributed by atoms with Crippen molar-refractivity contribution < 1.29 is 0 Å². The van der Waals surface area contributed by atoms with Crippen LogP contribution in [0.15, 0.2) is 12.4 Å². The molecule has 84 valence electrons. The first kappa shape index (κ1) is 10.7. The Balaban J connectivity index is 1.70. The molecule has 1 aliphatic rings. The molecule has 1 aromatic heterocycles. The van der Waals surface area contributed by atoms with Crippen molar-refractivity contribution in [1.29, 1.82) is 0 Å². The molecule has 1 aromatic rings. The predicted molar refractivity (Wildman–Crippen MR) is 61.6 cm³/mol. The largest absolute Gasteiger partial charge is 0.313 e. The molecule has 0 bridgehead atoms. The zero-order chi connectivity index (χ0) is 10.5. The molecule has 1 N–H and O–H groups in total. The molecule has 1 saturated carbocycles. The van der Waals surface area contributed by atoms with Crippen LogP contribution in [-0.2, 0) is 13.1 Å². The Kier molecular flexibility index (Phi) is 3.78. The molecule has 3 heteroatoms. The van der Waals surface area contributed by atoms with E-state index in [1.165, 1.54) is 31.2 Å². The van der Waals surface area contributed by atoms with Gasteiger partial charge in [0, 0.05) is 24.8 Å². The smallest absolute Gasteiger partial charge is 0.0534 e. The average Bonchev–Trinajstić information content (AvgIpc) is 2.97. The molecule has 0 radical (unpaired) electrons. The van der Waals surface area contributed by atoms with E-state index in [-0.39, 0.29) is 0 Å². The summed E-state index contributed by atoms with van der Waals surface area (Å²) in [7, 11) is 0. The number of nitrogens with zero attached hydrogens (tertiary/aromatic N) is 2. The van der Waals surface area contributed by atoms with E-state index in [1.807, 2.05) is 6.20 Å². The number of aryl methyl sites for hydroxylation is 1. The molecule has 2 rings (SSSR count). The third-order valence-corrected chi connectivity index (χ3v) is 2.91. The first-order chi connectivity index (χ1) is 7.38. The molecule has 3 nitrogen and oxygen atoms in total. The Morgan fingerprint density at radius 2 is 2.40 bits per heavy atom. The van der Waals surface area contributed by atoms with E-state index in [1.54, 1.807) is 0 Å². The van der Waals surface area contributed by atoms with Gasteiger partial charge in [-0.25, -0.2) is 0 Å². The van der Waals surface area contributed by atoms with Gasteiger partial charge in [-0.05, 0) is 25.3 Å². The van der Waals surface area contributed by atoms with Gasteiger partial charge in [0.15, 0.2) is 0 Å². The van der Waals surface area contributed by atoms with Gasteiger partial charge in [0.25, 0.3) is 0 Å². The van der Waals surface area contributed by atoms with Crippen LogP contribution in [0.2, 0.25) is 0 Å². The zero-order valence-corrected chi connectivity index (χ0v) is 9.58. The molecule has 0 aromatic carbocycles. The first-order valence-corrected chi connectivity index (χ1v) is 6.10. The molecule has 0 saturated heterocycles. The predicted octanol–water partition coefficient (Wildman–Crippen LogP) is 2.18. The molecule has 1 heterocycles. The van der Waals surface area contributed by atoms with Crippen molar-refractivity contribution in [3.8, 4) is 0 Å². The maximum Gasteiger partial charge on any atom is 0.0534 e. The molecule has 1 aliphatic carbocycles. The number of hydrogen-bond donors (Lipinski definition) is 1. The maximum absolute atomic E-state index is 4.37. The molecular weight excluding hydrogens is 186 g/mol. The lowest BCUT2D eigenvalue weighted by molar-refractivity contribution is 0.546. The van der Waals surface area contributed by atoms with Crippen LogP contribution in [0.5, 0.6) is 0 Å². The Morgan fingerprint density at radius 3 is 3.13 bits per heavy atom.